The molecule has 0 spiro atoms. The zero-order valence-corrected chi connectivity index (χ0v) is 18.1. The zero-order chi connectivity index (χ0) is 23.0. The Balaban J connectivity index is 1.71. The number of hydrogen-bond acceptors (Lipinski definition) is 4. The van der Waals surface area contributed by atoms with Gasteiger partial charge in [0.1, 0.15) is 0 Å². The third kappa shape index (κ3) is 3.75. The minimum Gasteiger partial charge on any atom is -0.361 e. The standard InChI is InChI=1S/C25H19N3O4S/c29-28(30)23-14-6-4-12-20(23)25(21-16-26-22-13-5-3-11-19(21)22)27-33(31,32)24-15-7-9-17-8-1-2-10-18(17)24/h1-16,25-27H/t25-/m1/s1. The molecule has 0 saturated carbocycles. The van der Waals surface area contributed by atoms with Crippen LogP contribution in [0.4, 0.5) is 5.69 Å². The molecule has 0 aliphatic carbocycles. The van der Waals surface area contributed by atoms with E-state index in [4.69, 9.17) is 0 Å². The van der Waals surface area contributed by atoms with Crippen molar-refractivity contribution in [3.63, 3.8) is 0 Å². The molecule has 0 aliphatic heterocycles. The summed E-state index contributed by atoms with van der Waals surface area (Å²) in [6, 6.07) is 24.9. The summed E-state index contributed by atoms with van der Waals surface area (Å²) < 4.78 is 30.1. The van der Waals surface area contributed by atoms with E-state index in [1.54, 1.807) is 42.6 Å². The van der Waals surface area contributed by atoms with Crippen LogP contribution in [0.15, 0.2) is 102 Å². The van der Waals surface area contributed by atoms with Gasteiger partial charge in [0, 0.05) is 34.1 Å². The number of nitrogens with zero attached hydrogens (tertiary/aromatic N) is 1. The van der Waals surface area contributed by atoms with Gasteiger partial charge in [-0.1, -0.05) is 72.8 Å². The molecule has 4 aromatic carbocycles. The fourth-order valence-electron chi connectivity index (χ4n) is 4.17. The van der Waals surface area contributed by atoms with Crippen molar-refractivity contribution in [3.8, 4) is 0 Å². The molecule has 5 rings (SSSR count). The van der Waals surface area contributed by atoms with Gasteiger partial charge in [0.2, 0.25) is 10.0 Å². The van der Waals surface area contributed by atoms with Gasteiger partial charge in [0.05, 0.1) is 21.4 Å². The van der Waals surface area contributed by atoms with Crippen molar-refractivity contribution in [2.24, 2.45) is 0 Å². The summed E-state index contributed by atoms with van der Waals surface area (Å²) in [5, 5.41) is 13.9. The quantitative estimate of drug-likeness (QED) is 0.267. The van der Waals surface area contributed by atoms with E-state index in [0.29, 0.717) is 10.9 Å². The van der Waals surface area contributed by atoms with Crippen LogP contribution in [0.3, 0.4) is 0 Å². The van der Waals surface area contributed by atoms with E-state index in [2.05, 4.69) is 9.71 Å². The highest BCUT2D eigenvalue weighted by Gasteiger charge is 2.30. The van der Waals surface area contributed by atoms with Crippen molar-refractivity contribution < 1.29 is 13.3 Å². The predicted octanol–water partition coefficient (Wildman–Crippen LogP) is 5.30. The van der Waals surface area contributed by atoms with Crippen LogP contribution >= 0.6 is 0 Å². The summed E-state index contributed by atoms with van der Waals surface area (Å²) in [5.41, 5.74) is 1.51. The van der Waals surface area contributed by atoms with Crippen molar-refractivity contribution in [3.05, 3.63) is 118 Å². The Bertz CT molecular complexity index is 1600. The highest BCUT2D eigenvalue weighted by atomic mass is 32.2. The minimum absolute atomic E-state index is 0.115. The topological polar surface area (TPSA) is 105 Å². The Hall–Kier alpha value is -4.01. The van der Waals surface area contributed by atoms with Gasteiger partial charge >= 0.3 is 0 Å². The number of aromatic amines is 1. The molecule has 2 N–H and O–H groups in total. The van der Waals surface area contributed by atoms with Crippen LogP contribution in [0.25, 0.3) is 21.7 Å². The Labute approximate surface area is 189 Å². The Kier molecular flexibility index (Phi) is 5.16. The van der Waals surface area contributed by atoms with Gasteiger partial charge in [-0.25, -0.2) is 8.42 Å². The lowest BCUT2D eigenvalue weighted by Gasteiger charge is -2.20. The fraction of sp³-hybridized carbons (Fsp3) is 0.0400. The molecule has 0 amide bonds. The Morgan fingerprint density at radius 1 is 0.788 bits per heavy atom. The number of rotatable bonds is 6. The van der Waals surface area contributed by atoms with Crippen molar-refractivity contribution in [1.29, 1.82) is 0 Å². The first-order chi connectivity index (χ1) is 16.0. The molecule has 33 heavy (non-hydrogen) atoms. The van der Waals surface area contributed by atoms with Gasteiger partial charge in [-0.2, -0.15) is 4.72 Å². The van der Waals surface area contributed by atoms with E-state index in [9.17, 15) is 18.5 Å². The molecule has 5 aromatic rings. The lowest BCUT2D eigenvalue weighted by molar-refractivity contribution is -0.385. The first-order valence-electron chi connectivity index (χ1n) is 10.2. The summed E-state index contributed by atoms with van der Waals surface area (Å²) in [5.74, 6) is 0. The second kappa shape index (κ2) is 8.16. The van der Waals surface area contributed by atoms with E-state index < -0.39 is 21.0 Å². The number of sulfonamides is 1. The predicted molar refractivity (Wildman–Crippen MR) is 128 cm³/mol. The minimum atomic E-state index is -4.06. The van der Waals surface area contributed by atoms with Crippen molar-refractivity contribution in [1.82, 2.24) is 9.71 Å². The van der Waals surface area contributed by atoms with E-state index >= 15 is 0 Å². The second-order valence-corrected chi connectivity index (χ2v) is 9.32. The third-order valence-corrected chi connectivity index (χ3v) is 7.17. The molecule has 1 heterocycles. The van der Waals surface area contributed by atoms with Crippen LogP contribution in [0.5, 0.6) is 0 Å². The van der Waals surface area contributed by atoms with Gasteiger partial charge in [0.15, 0.2) is 0 Å². The molecule has 0 radical (unpaired) electrons. The number of nitro groups is 1. The molecule has 7 nitrogen and oxygen atoms in total. The monoisotopic (exact) mass is 457 g/mol. The SMILES string of the molecule is O=[N+]([O-])c1ccccc1[C@@H](NS(=O)(=O)c1cccc2ccccc12)c1c[nH]c2ccccc12. The first kappa shape index (κ1) is 20.9. The summed E-state index contributed by atoms with van der Waals surface area (Å²) >= 11 is 0. The molecule has 1 aromatic heterocycles. The van der Waals surface area contributed by atoms with Crippen molar-refractivity contribution >= 4 is 37.4 Å². The van der Waals surface area contributed by atoms with Gasteiger partial charge in [0.25, 0.3) is 5.69 Å². The Morgan fingerprint density at radius 3 is 2.27 bits per heavy atom. The molecule has 0 unspecified atom stereocenters. The summed E-state index contributed by atoms with van der Waals surface area (Å²) in [4.78, 5) is 14.5. The van der Waals surface area contributed by atoms with Gasteiger partial charge in [-0.15, -0.1) is 0 Å². The largest absolute Gasteiger partial charge is 0.361 e. The number of H-pyrrole nitrogens is 1. The van der Waals surface area contributed by atoms with E-state index in [-0.39, 0.29) is 16.1 Å². The maximum absolute atomic E-state index is 13.7. The molecular formula is C25H19N3O4S. The molecular weight excluding hydrogens is 438 g/mol. The lowest BCUT2D eigenvalue weighted by atomic mass is 9.97. The molecule has 0 saturated heterocycles. The lowest BCUT2D eigenvalue weighted by Crippen LogP contribution is -2.30. The fourth-order valence-corrected chi connectivity index (χ4v) is 5.60. The van der Waals surface area contributed by atoms with Crippen LogP contribution in [0, 0.1) is 10.1 Å². The molecule has 8 heteroatoms. The van der Waals surface area contributed by atoms with E-state index in [1.807, 2.05) is 42.5 Å². The highest BCUT2D eigenvalue weighted by molar-refractivity contribution is 7.89. The van der Waals surface area contributed by atoms with Crippen molar-refractivity contribution in [2.45, 2.75) is 10.9 Å². The number of nitro benzene ring substituents is 1. The number of benzene rings is 4. The second-order valence-electron chi connectivity index (χ2n) is 7.64. The highest BCUT2D eigenvalue weighted by Crippen LogP contribution is 2.35. The molecule has 0 bridgehead atoms. The number of fused-ring (bicyclic) bond motifs is 2. The zero-order valence-electron chi connectivity index (χ0n) is 17.3. The number of hydrogen-bond donors (Lipinski definition) is 2. The van der Waals surface area contributed by atoms with Gasteiger partial charge < -0.3 is 4.98 Å². The van der Waals surface area contributed by atoms with Gasteiger partial charge in [-0.05, 0) is 17.5 Å². The van der Waals surface area contributed by atoms with Crippen LogP contribution in [-0.2, 0) is 10.0 Å². The Morgan fingerprint density at radius 2 is 1.45 bits per heavy atom. The molecule has 1 atom stereocenters. The number of para-hydroxylation sites is 2. The molecule has 0 fully saturated rings. The van der Waals surface area contributed by atoms with Crippen LogP contribution in [-0.4, -0.2) is 18.3 Å². The molecule has 0 aliphatic rings. The number of nitrogens with one attached hydrogen (secondary N) is 2. The van der Waals surface area contributed by atoms with Crippen LogP contribution in [0.2, 0.25) is 0 Å². The van der Waals surface area contributed by atoms with E-state index in [0.717, 1.165) is 16.3 Å². The van der Waals surface area contributed by atoms with Crippen LogP contribution in [0.1, 0.15) is 17.2 Å². The summed E-state index contributed by atoms with van der Waals surface area (Å²) in [6.07, 6.45) is 1.69. The van der Waals surface area contributed by atoms with Crippen molar-refractivity contribution in [2.75, 3.05) is 0 Å². The first-order valence-corrected chi connectivity index (χ1v) is 11.7. The van der Waals surface area contributed by atoms with E-state index in [1.165, 1.54) is 12.1 Å². The number of aromatic nitrogens is 1. The summed E-state index contributed by atoms with van der Waals surface area (Å²) in [6.45, 7) is 0. The maximum Gasteiger partial charge on any atom is 0.274 e. The van der Waals surface area contributed by atoms with Crippen LogP contribution < -0.4 is 4.72 Å². The van der Waals surface area contributed by atoms with Gasteiger partial charge in [-0.3, -0.25) is 10.1 Å². The maximum atomic E-state index is 13.7. The average Bonchev–Trinajstić information content (AvgIpc) is 3.26. The average molecular weight is 458 g/mol. The molecule has 164 valence electrons. The third-order valence-electron chi connectivity index (χ3n) is 5.69. The normalized spacial score (nSPS) is 12.7. The smallest absolute Gasteiger partial charge is 0.274 e. The summed E-state index contributed by atoms with van der Waals surface area (Å²) in [7, 11) is -4.06.